The highest BCUT2D eigenvalue weighted by Crippen LogP contribution is 2.20. The van der Waals surface area contributed by atoms with Gasteiger partial charge in [0.2, 0.25) is 0 Å². The Kier molecular flexibility index (Phi) is 4.41. The van der Waals surface area contributed by atoms with Crippen LogP contribution in [-0.2, 0) is 16.0 Å². The highest BCUT2D eigenvalue weighted by atomic mass is 16.5. The van der Waals surface area contributed by atoms with E-state index in [1.807, 2.05) is 48.6 Å². The first-order chi connectivity index (χ1) is 10.8. The summed E-state index contributed by atoms with van der Waals surface area (Å²) in [5.41, 5.74) is 2.08. The molecule has 0 N–H and O–H groups in total. The van der Waals surface area contributed by atoms with Crippen LogP contribution in [0.3, 0.4) is 0 Å². The lowest BCUT2D eigenvalue weighted by molar-refractivity contribution is 0.0132. The summed E-state index contributed by atoms with van der Waals surface area (Å²) in [6.45, 7) is 0.587. The summed E-state index contributed by atoms with van der Waals surface area (Å²) in [4.78, 5) is 0. The largest absolute Gasteiger partial charge is 0.374 e. The van der Waals surface area contributed by atoms with Crippen LogP contribution in [0.5, 0.6) is 0 Å². The Morgan fingerprint density at radius 2 is 1.86 bits per heavy atom. The number of tetrazole rings is 1. The van der Waals surface area contributed by atoms with Crippen molar-refractivity contribution in [3.8, 4) is 11.4 Å². The molecular weight excluding hydrogens is 280 g/mol. The number of allylic oxidation sites excluding steroid dienone is 2. The van der Waals surface area contributed by atoms with Crippen LogP contribution in [0.25, 0.3) is 11.4 Å². The van der Waals surface area contributed by atoms with Crippen LogP contribution in [-0.4, -0.2) is 46.6 Å². The van der Waals surface area contributed by atoms with Gasteiger partial charge in [0.15, 0.2) is 5.82 Å². The summed E-state index contributed by atoms with van der Waals surface area (Å²) < 4.78 is 12.6. The van der Waals surface area contributed by atoms with Gasteiger partial charge in [-0.25, -0.2) is 4.68 Å². The summed E-state index contributed by atoms with van der Waals surface area (Å²) in [5, 5.41) is 12.0. The van der Waals surface area contributed by atoms with Gasteiger partial charge in [0.25, 0.3) is 0 Å². The van der Waals surface area contributed by atoms with Crippen LogP contribution in [0.1, 0.15) is 0 Å². The van der Waals surface area contributed by atoms with E-state index in [1.165, 1.54) is 0 Å². The normalized spacial score (nSPS) is 20.9. The molecule has 2 unspecified atom stereocenters. The van der Waals surface area contributed by atoms with Gasteiger partial charge in [0.1, 0.15) is 12.2 Å². The molecule has 2 aromatic rings. The van der Waals surface area contributed by atoms with Gasteiger partial charge >= 0.3 is 0 Å². The van der Waals surface area contributed by atoms with Crippen LogP contribution in [0.15, 0.2) is 54.1 Å². The van der Waals surface area contributed by atoms with Gasteiger partial charge in [-0.2, -0.15) is 0 Å². The van der Waals surface area contributed by atoms with Crippen molar-refractivity contribution in [3.05, 3.63) is 54.1 Å². The topological polar surface area (TPSA) is 62.1 Å². The van der Waals surface area contributed by atoms with E-state index in [4.69, 9.17) is 9.47 Å². The summed E-state index contributed by atoms with van der Waals surface area (Å²) in [7, 11) is 3.35. The maximum atomic E-state index is 5.45. The van der Waals surface area contributed by atoms with Gasteiger partial charge in [-0.15, -0.1) is 5.10 Å². The maximum Gasteiger partial charge on any atom is 0.182 e. The van der Waals surface area contributed by atoms with E-state index in [2.05, 4.69) is 15.5 Å². The molecule has 0 amide bonds. The molecule has 6 nitrogen and oxygen atoms in total. The Morgan fingerprint density at radius 3 is 2.59 bits per heavy atom. The first kappa shape index (κ1) is 14.6. The van der Waals surface area contributed by atoms with E-state index < -0.39 is 0 Å². The van der Waals surface area contributed by atoms with Gasteiger partial charge in [0.05, 0.1) is 6.54 Å². The number of hydrogen-bond acceptors (Lipinski definition) is 5. The van der Waals surface area contributed by atoms with Crippen molar-refractivity contribution < 1.29 is 9.47 Å². The second-order valence-corrected chi connectivity index (χ2v) is 5.03. The van der Waals surface area contributed by atoms with E-state index in [9.17, 15) is 0 Å². The van der Waals surface area contributed by atoms with Crippen molar-refractivity contribution >= 4 is 0 Å². The number of ether oxygens (including phenoxy) is 2. The third-order valence-electron chi connectivity index (χ3n) is 3.64. The zero-order chi connectivity index (χ0) is 15.4. The fourth-order valence-corrected chi connectivity index (χ4v) is 2.49. The smallest absolute Gasteiger partial charge is 0.182 e. The summed E-state index contributed by atoms with van der Waals surface area (Å²) in [6.07, 6.45) is 5.92. The van der Waals surface area contributed by atoms with Gasteiger partial charge in [-0.1, -0.05) is 42.5 Å². The summed E-state index contributed by atoms with van der Waals surface area (Å²) >= 11 is 0. The molecular formula is C16H18N4O2. The number of aromatic nitrogens is 4. The van der Waals surface area contributed by atoms with Gasteiger partial charge in [0, 0.05) is 19.8 Å². The molecule has 1 aliphatic rings. The standard InChI is InChI=1S/C16H18N4O2/c1-21-14-9-8-12(10-15(14)22-2)11-20-16(17-18-19-20)13-6-4-3-5-7-13/h3-10,14-15H,11H2,1-2H3. The molecule has 2 atom stereocenters. The molecule has 0 radical (unpaired) electrons. The average Bonchev–Trinajstić information content (AvgIpc) is 3.03. The van der Waals surface area contributed by atoms with Gasteiger partial charge in [-0.3, -0.25) is 0 Å². The van der Waals surface area contributed by atoms with Crippen molar-refractivity contribution in [3.63, 3.8) is 0 Å². The summed E-state index contributed by atoms with van der Waals surface area (Å²) in [6, 6.07) is 9.90. The third kappa shape index (κ3) is 2.98. The SMILES string of the molecule is COC1C=CC(Cn2nnnc2-c2ccccc2)=CC1OC. The minimum absolute atomic E-state index is 0.0591. The zero-order valence-electron chi connectivity index (χ0n) is 12.6. The van der Waals surface area contributed by atoms with Crippen molar-refractivity contribution in [2.24, 2.45) is 0 Å². The van der Waals surface area contributed by atoms with E-state index in [1.54, 1.807) is 18.9 Å². The fourth-order valence-electron chi connectivity index (χ4n) is 2.49. The Balaban J connectivity index is 1.82. The quantitative estimate of drug-likeness (QED) is 0.843. The van der Waals surface area contributed by atoms with E-state index in [-0.39, 0.29) is 12.2 Å². The third-order valence-corrected chi connectivity index (χ3v) is 3.64. The van der Waals surface area contributed by atoms with Crippen LogP contribution >= 0.6 is 0 Å². The number of methoxy groups -OCH3 is 2. The molecule has 0 aliphatic heterocycles. The highest BCUT2D eigenvalue weighted by Gasteiger charge is 2.21. The highest BCUT2D eigenvalue weighted by molar-refractivity contribution is 5.54. The minimum atomic E-state index is -0.0957. The van der Waals surface area contributed by atoms with Crippen LogP contribution in [0.4, 0.5) is 0 Å². The van der Waals surface area contributed by atoms with Crippen molar-refractivity contribution in [1.82, 2.24) is 20.2 Å². The Hall–Kier alpha value is -2.31. The molecule has 0 saturated heterocycles. The maximum absolute atomic E-state index is 5.45. The first-order valence-electron chi connectivity index (χ1n) is 7.08. The second-order valence-electron chi connectivity index (χ2n) is 5.03. The van der Waals surface area contributed by atoms with E-state index in [0.29, 0.717) is 6.54 Å². The zero-order valence-corrected chi connectivity index (χ0v) is 12.6. The Labute approximate surface area is 129 Å². The molecule has 1 heterocycles. The molecule has 3 rings (SSSR count). The van der Waals surface area contributed by atoms with Crippen molar-refractivity contribution in [2.45, 2.75) is 18.8 Å². The molecule has 114 valence electrons. The lowest BCUT2D eigenvalue weighted by Crippen LogP contribution is -2.29. The van der Waals surface area contributed by atoms with Crippen LogP contribution in [0, 0.1) is 0 Å². The molecule has 1 aliphatic carbocycles. The van der Waals surface area contributed by atoms with Gasteiger partial charge < -0.3 is 9.47 Å². The molecule has 0 saturated carbocycles. The Morgan fingerprint density at radius 1 is 1.09 bits per heavy atom. The van der Waals surface area contributed by atoms with Gasteiger partial charge in [-0.05, 0) is 22.1 Å². The predicted octanol–water partition coefficient (Wildman–Crippen LogP) is 1.87. The molecule has 1 aromatic heterocycles. The minimum Gasteiger partial charge on any atom is -0.374 e. The number of nitrogens with zero attached hydrogens (tertiary/aromatic N) is 4. The predicted molar refractivity (Wildman–Crippen MR) is 82.1 cm³/mol. The lowest BCUT2D eigenvalue weighted by Gasteiger charge is -2.23. The molecule has 1 aromatic carbocycles. The lowest BCUT2D eigenvalue weighted by atomic mass is 10.0. The van der Waals surface area contributed by atoms with E-state index >= 15 is 0 Å². The number of benzene rings is 1. The average molecular weight is 298 g/mol. The number of hydrogen-bond donors (Lipinski definition) is 0. The van der Waals surface area contributed by atoms with Crippen molar-refractivity contribution in [2.75, 3.05) is 14.2 Å². The molecule has 6 heteroatoms. The molecule has 22 heavy (non-hydrogen) atoms. The second kappa shape index (κ2) is 6.64. The monoisotopic (exact) mass is 298 g/mol. The molecule has 0 fully saturated rings. The first-order valence-corrected chi connectivity index (χ1v) is 7.08. The Bertz CT molecular complexity index is 678. The van der Waals surface area contributed by atoms with Crippen LogP contribution < -0.4 is 0 Å². The summed E-state index contributed by atoms with van der Waals surface area (Å²) in [5.74, 6) is 0.748. The number of rotatable bonds is 5. The molecule has 0 spiro atoms. The van der Waals surface area contributed by atoms with E-state index in [0.717, 1.165) is 17.0 Å². The van der Waals surface area contributed by atoms with Crippen molar-refractivity contribution in [1.29, 1.82) is 0 Å². The van der Waals surface area contributed by atoms with Crippen LogP contribution in [0.2, 0.25) is 0 Å². The molecule has 0 bridgehead atoms. The fraction of sp³-hybridized carbons (Fsp3) is 0.312.